The molecule has 1 aromatic carbocycles. The monoisotopic (exact) mass is 384 g/mol. The van der Waals surface area contributed by atoms with Crippen LogP contribution in [-0.4, -0.2) is 28.1 Å². The highest BCUT2D eigenvalue weighted by molar-refractivity contribution is 7.22. The molecule has 140 valence electrons. The predicted molar refractivity (Wildman–Crippen MR) is 107 cm³/mol. The molecule has 2 N–H and O–H groups in total. The zero-order valence-corrected chi connectivity index (χ0v) is 16.3. The van der Waals surface area contributed by atoms with Gasteiger partial charge in [-0.2, -0.15) is 0 Å². The molecule has 2 heterocycles. The van der Waals surface area contributed by atoms with Crippen LogP contribution in [0.4, 0.5) is 15.6 Å². The number of aromatic nitrogens is 2. The van der Waals surface area contributed by atoms with Crippen molar-refractivity contribution in [2.24, 2.45) is 0 Å². The lowest BCUT2D eigenvalue weighted by molar-refractivity contribution is -0.114. The van der Waals surface area contributed by atoms with Crippen LogP contribution in [0.25, 0.3) is 21.3 Å². The first-order valence-corrected chi connectivity index (χ1v) is 9.26. The van der Waals surface area contributed by atoms with Gasteiger partial charge in [0.1, 0.15) is 0 Å². The van der Waals surface area contributed by atoms with E-state index in [1.807, 2.05) is 31.2 Å². The zero-order chi connectivity index (χ0) is 19.6. The van der Waals surface area contributed by atoms with Gasteiger partial charge in [-0.3, -0.25) is 15.1 Å². The maximum Gasteiger partial charge on any atom is 0.411 e. The van der Waals surface area contributed by atoms with E-state index in [1.165, 1.54) is 18.3 Å². The molecular weight excluding hydrogens is 364 g/mol. The fourth-order valence-corrected chi connectivity index (χ4v) is 3.43. The lowest BCUT2D eigenvalue weighted by Crippen LogP contribution is -2.18. The van der Waals surface area contributed by atoms with Crippen molar-refractivity contribution < 1.29 is 14.3 Å². The third-order valence-electron chi connectivity index (χ3n) is 3.67. The summed E-state index contributed by atoms with van der Waals surface area (Å²) < 4.78 is 6.08. The number of fused-ring (bicyclic) bond motifs is 1. The normalized spacial score (nSPS) is 10.9. The van der Waals surface area contributed by atoms with Crippen molar-refractivity contribution in [2.45, 2.75) is 33.8 Å². The van der Waals surface area contributed by atoms with E-state index in [0.29, 0.717) is 16.5 Å². The molecule has 0 spiro atoms. The number of carbonyl (C=O) groups is 2. The summed E-state index contributed by atoms with van der Waals surface area (Å²) in [5.41, 5.74) is 3.91. The smallest absolute Gasteiger partial charge is 0.411 e. The van der Waals surface area contributed by atoms with Crippen molar-refractivity contribution in [3.63, 3.8) is 0 Å². The Bertz CT molecular complexity index is 1010. The highest BCUT2D eigenvalue weighted by atomic mass is 32.1. The molecule has 0 aliphatic rings. The van der Waals surface area contributed by atoms with Crippen LogP contribution in [0, 0.1) is 6.92 Å². The molecule has 27 heavy (non-hydrogen) atoms. The second kappa shape index (κ2) is 7.71. The third-order valence-corrected chi connectivity index (χ3v) is 4.60. The van der Waals surface area contributed by atoms with Gasteiger partial charge in [-0.15, -0.1) is 0 Å². The van der Waals surface area contributed by atoms with Gasteiger partial charge >= 0.3 is 6.09 Å². The number of nitrogens with zero attached hydrogens (tertiary/aromatic N) is 2. The van der Waals surface area contributed by atoms with E-state index in [-0.39, 0.29) is 12.0 Å². The lowest BCUT2D eigenvalue weighted by Gasteiger charge is -2.12. The number of rotatable bonds is 4. The van der Waals surface area contributed by atoms with Crippen LogP contribution in [0.1, 0.15) is 26.5 Å². The first kappa shape index (κ1) is 18.8. The lowest BCUT2D eigenvalue weighted by atomic mass is 10.1. The Balaban J connectivity index is 1.90. The van der Waals surface area contributed by atoms with Crippen molar-refractivity contribution in [1.29, 1.82) is 0 Å². The summed E-state index contributed by atoms with van der Waals surface area (Å²) in [5.74, 6) is -0.152. The minimum Gasteiger partial charge on any atom is -0.447 e. The van der Waals surface area contributed by atoms with E-state index in [1.54, 1.807) is 20.0 Å². The van der Waals surface area contributed by atoms with Gasteiger partial charge in [0.05, 0.1) is 27.7 Å². The van der Waals surface area contributed by atoms with E-state index < -0.39 is 6.09 Å². The molecule has 0 aliphatic heterocycles. The maximum atomic E-state index is 11.9. The van der Waals surface area contributed by atoms with Crippen LogP contribution in [0.5, 0.6) is 0 Å². The Hall–Kier alpha value is -3.00. The fourth-order valence-electron chi connectivity index (χ4n) is 2.48. The van der Waals surface area contributed by atoms with E-state index in [9.17, 15) is 9.59 Å². The van der Waals surface area contributed by atoms with Gasteiger partial charge < -0.3 is 10.1 Å². The Kier molecular flexibility index (Phi) is 5.36. The van der Waals surface area contributed by atoms with Crippen molar-refractivity contribution in [2.75, 3.05) is 10.6 Å². The first-order chi connectivity index (χ1) is 12.8. The molecule has 7 nitrogen and oxygen atoms in total. The molecule has 0 fully saturated rings. The molecule has 0 aliphatic carbocycles. The Morgan fingerprint density at radius 2 is 1.93 bits per heavy atom. The van der Waals surface area contributed by atoms with Crippen molar-refractivity contribution >= 4 is 44.4 Å². The largest absolute Gasteiger partial charge is 0.447 e. The van der Waals surface area contributed by atoms with Crippen LogP contribution in [0.15, 0.2) is 30.5 Å². The summed E-state index contributed by atoms with van der Waals surface area (Å²) in [6.07, 6.45) is 1.04. The molecule has 0 atom stereocenters. The quantitative estimate of drug-likeness (QED) is 0.687. The van der Waals surface area contributed by atoms with Crippen LogP contribution in [-0.2, 0) is 9.53 Å². The predicted octanol–water partition coefficient (Wildman–Crippen LogP) is 4.58. The summed E-state index contributed by atoms with van der Waals surface area (Å²) in [5, 5.41) is 6.00. The topological polar surface area (TPSA) is 93.2 Å². The van der Waals surface area contributed by atoms with Gasteiger partial charge in [0, 0.05) is 18.7 Å². The summed E-state index contributed by atoms with van der Waals surface area (Å²) in [7, 11) is 0. The van der Waals surface area contributed by atoms with Gasteiger partial charge in [-0.1, -0.05) is 17.4 Å². The Labute approximate surface area is 160 Å². The number of hydrogen-bond acceptors (Lipinski definition) is 6. The number of hydrogen-bond donors (Lipinski definition) is 2. The molecule has 3 aromatic rings. The SMILES string of the molecule is CC(=O)Nc1nc2ccc(-c3cnc(C)c(NC(=O)OC(C)C)c3)cc2s1. The molecule has 2 amide bonds. The average Bonchev–Trinajstić information content (AvgIpc) is 2.96. The van der Waals surface area contributed by atoms with Crippen LogP contribution in [0.2, 0.25) is 0 Å². The molecular formula is C19H20N4O3S. The Morgan fingerprint density at radius 1 is 1.15 bits per heavy atom. The maximum absolute atomic E-state index is 11.9. The Morgan fingerprint density at radius 3 is 2.63 bits per heavy atom. The van der Waals surface area contributed by atoms with E-state index in [0.717, 1.165) is 21.3 Å². The number of aryl methyl sites for hydroxylation is 1. The standard InChI is InChI=1S/C19H20N4O3S/c1-10(2)26-19(25)23-16-7-14(9-20-11(16)3)13-5-6-15-17(8-13)27-18(22-15)21-12(4)24/h5-10H,1-4H3,(H,23,25)(H,21,22,24). The van der Waals surface area contributed by atoms with Crippen LogP contribution >= 0.6 is 11.3 Å². The second-order valence-corrected chi connectivity index (χ2v) is 7.35. The van der Waals surface area contributed by atoms with E-state index in [2.05, 4.69) is 20.6 Å². The van der Waals surface area contributed by atoms with E-state index >= 15 is 0 Å². The first-order valence-electron chi connectivity index (χ1n) is 8.44. The van der Waals surface area contributed by atoms with Gasteiger partial charge in [0.15, 0.2) is 5.13 Å². The molecule has 0 unspecified atom stereocenters. The molecule has 0 radical (unpaired) electrons. The van der Waals surface area contributed by atoms with Crippen LogP contribution < -0.4 is 10.6 Å². The van der Waals surface area contributed by atoms with Gasteiger partial charge in [0.2, 0.25) is 5.91 Å². The second-order valence-electron chi connectivity index (χ2n) is 6.32. The molecule has 2 aromatic heterocycles. The summed E-state index contributed by atoms with van der Waals surface area (Å²) >= 11 is 1.41. The molecule has 8 heteroatoms. The van der Waals surface area contributed by atoms with Crippen molar-refractivity contribution in [1.82, 2.24) is 9.97 Å². The molecule has 0 saturated carbocycles. The number of nitrogens with one attached hydrogen (secondary N) is 2. The van der Waals surface area contributed by atoms with E-state index in [4.69, 9.17) is 4.74 Å². The summed E-state index contributed by atoms with van der Waals surface area (Å²) in [6, 6.07) is 7.68. The molecule has 0 saturated heterocycles. The highest BCUT2D eigenvalue weighted by Gasteiger charge is 2.11. The minimum absolute atomic E-state index is 0.152. The third kappa shape index (κ3) is 4.59. The van der Waals surface area contributed by atoms with Gasteiger partial charge in [-0.05, 0) is 44.5 Å². The number of anilines is 2. The van der Waals surface area contributed by atoms with Gasteiger partial charge in [-0.25, -0.2) is 9.78 Å². The number of ether oxygens (including phenoxy) is 1. The number of benzene rings is 1. The number of carbonyl (C=O) groups excluding carboxylic acids is 2. The van der Waals surface area contributed by atoms with Crippen LogP contribution in [0.3, 0.4) is 0 Å². The zero-order valence-electron chi connectivity index (χ0n) is 15.5. The number of thiazole rings is 1. The summed E-state index contributed by atoms with van der Waals surface area (Å²) in [6.45, 7) is 6.86. The van der Waals surface area contributed by atoms with Crippen molar-refractivity contribution in [3.8, 4) is 11.1 Å². The number of amides is 2. The average molecular weight is 384 g/mol. The fraction of sp³-hybridized carbons (Fsp3) is 0.263. The minimum atomic E-state index is -0.509. The van der Waals surface area contributed by atoms with Gasteiger partial charge in [0.25, 0.3) is 0 Å². The van der Waals surface area contributed by atoms with Crippen molar-refractivity contribution in [3.05, 3.63) is 36.2 Å². The number of pyridine rings is 1. The highest BCUT2D eigenvalue weighted by Crippen LogP contribution is 2.31. The molecule has 3 rings (SSSR count). The summed E-state index contributed by atoms with van der Waals surface area (Å²) in [4.78, 5) is 31.8. The molecule has 0 bridgehead atoms.